The van der Waals surface area contributed by atoms with Crippen LogP contribution in [-0.2, 0) is 5.41 Å². The van der Waals surface area contributed by atoms with Crippen LogP contribution < -0.4 is 5.43 Å². The lowest BCUT2D eigenvalue weighted by molar-refractivity contribution is -0.486. The summed E-state index contributed by atoms with van der Waals surface area (Å²) in [5, 5.41) is 19.3. The van der Waals surface area contributed by atoms with Gasteiger partial charge in [-0.1, -0.05) is 63.6 Å². The number of nitrogens with zero attached hydrogens (tertiary/aromatic N) is 2. The lowest BCUT2D eigenvalue weighted by Crippen LogP contribution is -2.38. The number of rotatable bonds is 9. The Kier molecular flexibility index (Phi) is 11.4. The van der Waals surface area contributed by atoms with Crippen LogP contribution in [0.5, 0.6) is 0 Å². The maximum absolute atomic E-state index is 10.9. The third kappa shape index (κ3) is 7.03. The molecule has 0 heterocycles. The molecule has 0 amide bonds. The molecule has 32 heavy (non-hydrogen) atoms. The summed E-state index contributed by atoms with van der Waals surface area (Å²) >= 11 is 0. The Labute approximate surface area is 193 Å². The summed E-state index contributed by atoms with van der Waals surface area (Å²) in [5.41, 5.74) is 7.42. The Bertz CT molecular complexity index is 929. The van der Waals surface area contributed by atoms with Crippen molar-refractivity contribution in [3.05, 3.63) is 75.7 Å². The molecule has 5 nitrogen and oxygen atoms in total. The highest BCUT2D eigenvalue weighted by Gasteiger charge is 2.36. The van der Waals surface area contributed by atoms with Crippen LogP contribution in [0.15, 0.2) is 48.5 Å². The van der Waals surface area contributed by atoms with Crippen LogP contribution in [0.3, 0.4) is 0 Å². The second kappa shape index (κ2) is 13.4. The first-order valence-corrected chi connectivity index (χ1v) is 11.4. The first-order chi connectivity index (χ1) is 15.3. The topological polar surface area (TPSA) is 76.1 Å². The van der Waals surface area contributed by atoms with Gasteiger partial charge < -0.3 is 5.11 Å². The summed E-state index contributed by atoms with van der Waals surface area (Å²) in [6, 6.07) is 15.6. The quantitative estimate of drug-likeness (QED) is 0.346. The third-order valence-corrected chi connectivity index (χ3v) is 5.88. The van der Waals surface area contributed by atoms with Gasteiger partial charge in [-0.2, -0.15) is 5.26 Å². The molecule has 0 aliphatic heterocycles. The van der Waals surface area contributed by atoms with Gasteiger partial charge in [0.2, 0.25) is 7.05 Å². The summed E-state index contributed by atoms with van der Waals surface area (Å²) in [7, 11) is 1.43. The maximum atomic E-state index is 10.9. The van der Waals surface area contributed by atoms with Crippen molar-refractivity contribution in [2.75, 3.05) is 12.5 Å². The summed E-state index contributed by atoms with van der Waals surface area (Å²) in [5.74, 6) is 0. The summed E-state index contributed by atoms with van der Waals surface area (Å²) in [6.07, 6.45) is 7.32. The van der Waals surface area contributed by atoms with E-state index in [-0.39, 0.29) is 11.5 Å². The SMILES string of the molecule is C/C=C\c1c(C)cccc1N[N+](C)=O.CCCC(CC)(c1ccc(C#N)cc1)C(O)CC. The van der Waals surface area contributed by atoms with Crippen molar-refractivity contribution in [2.45, 2.75) is 71.8 Å². The Balaban J connectivity index is 0.000000330. The Morgan fingerprint density at radius 1 is 1.19 bits per heavy atom. The van der Waals surface area contributed by atoms with Crippen LogP contribution >= 0.6 is 0 Å². The van der Waals surface area contributed by atoms with Crippen LogP contribution in [0.25, 0.3) is 6.08 Å². The van der Waals surface area contributed by atoms with Gasteiger partial charge in [-0.15, -0.1) is 5.43 Å². The molecular formula is C27H38N3O2+. The first-order valence-electron chi connectivity index (χ1n) is 11.4. The lowest BCUT2D eigenvalue weighted by atomic mass is 9.69. The Morgan fingerprint density at radius 2 is 1.84 bits per heavy atom. The van der Waals surface area contributed by atoms with Gasteiger partial charge in [0.05, 0.1) is 22.6 Å². The average Bonchev–Trinajstić information content (AvgIpc) is 2.79. The molecule has 5 heteroatoms. The standard InChI is InChI=1S/C16H23NO.C11H15N2O/c1-4-11-16(6-3,15(18)5-2)14-9-7-13(12-17)8-10-14;1-4-6-10-9(2)7-5-8-11(10)12-13(3)14/h7-10,15,18H,4-6,11H2,1-3H3;4-8H,1-3H3,(H,12,14)/q;+1/b;6-4-. The minimum atomic E-state index is -0.324. The monoisotopic (exact) mass is 436 g/mol. The number of benzene rings is 2. The second-order valence-corrected chi connectivity index (χ2v) is 8.02. The molecule has 0 bridgehead atoms. The van der Waals surface area contributed by atoms with Gasteiger partial charge >= 0.3 is 0 Å². The molecule has 0 spiro atoms. The fraction of sp³-hybridized carbons (Fsp3) is 0.444. The molecule has 172 valence electrons. The number of hydrazine groups is 1. The minimum absolute atomic E-state index is 0.169. The molecule has 0 saturated heterocycles. The van der Waals surface area contributed by atoms with E-state index in [4.69, 9.17) is 5.26 Å². The maximum Gasteiger partial charge on any atom is 0.216 e. The van der Waals surface area contributed by atoms with Crippen LogP contribution in [0, 0.1) is 23.2 Å². The molecule has 0 aliphatic carbocycles. The predicted octanol–water partition coefficient (Wildman–Crippen LogP) is 6.54. The van der Waals surface area contributed by atoms with Crippen molar-refractivity contribution >= 4 is 11.8 Å². The van der Waals surface area contributed by atoms with Gasteiger partial charge in [0, 0.05) is 11.0 Å². The summed E-state index contributed by atoms with van der Waals surface area (Å²) in [6.45, 7) is 10.3. The molecule has 0 saturated carbocycles. The van der Waals surface area contributed by atoms with Gasteiger partial charge in [0.25, 0.3) is 0 Å². The highest BCUT2D eigenvalue weighted by atomic mass is 16.3. The van der Waals surface area contributed by atoms with Gasteiger partial charge in [-0.25, -0.2) is 0 Å². The molecular weight excluding hydrogens is 398 g/mol. The van der Waals surface area contributed by atoms with E-state index in [1.54, 1.807) is 0 Å². The smallest absolute Gasteiger partial charge is 0.216 e. The van der Waals surface area contributed by atoms with Gasteiger partial charge in [0.15, 0.2) is 0 Å². The van der Waals surface area contributed by atoms with E-state index < -0.39 is 0 Å². The highest BCUT2D eigenvalue weighted by Crippen LogP contribution is 2.38. The summed E-state index contributed by atoms with van der Waals surface area (Å²) in [4.78, 5) is 11.6. The van der Waals surface area contributed by atoms with Crippen molar-refractivity contribution in [2.24, 2.45) is 0 Å². The van der Waals surface area contributed by atoms with E-state index in [0.717, 1.165) is 48.1 Å². The average molecular weight is 437 g/mol. The van der Waals surface area contributed by atoms with Crippen molar-refractivity contribution in [3.8, 4) is 6.07 Å². The molecule has 2 unspecified atom stereocenters. The van der Waals surface area contributed by atoms with Gasteiger partial charge in [0.1, 0.15) is 10.6 Å². The molecule has 2 rings (SSSR count). The molecule has 2 N–H and O–H groups in total. The highest BCUT2D eigenvalue weighted by molar-refractivity contribution is 5.68. The van der Waals surface area contributed by atoms with E-state index in [9.17, 15) is 10.0 Å². The molecule has 2 aromatic rings. The van der Waals surface area contributed by atoms with E-state index in [1.807, 2.05) is 75.4 Å². The number of hydrogen-bond acceptors (Lipinski definition) is 3. The molecule has 0 aliphatic rings. The zero-order valence-corrected chi connectivity index (χ0v) is 20.4. The zero-order chi connectivity index (χ0) is 24.1. The molecule has 0 radical (unpaired) electrons. The fourth-order valence-electron chi connectivity index (χ4n) is 4.17. The number of nitriles is 1. The second-order valence-electron chi connectivity index (χ2n) is 8.02. The van der Waals surface area contributed by atoms with Gasteiger partial charge in [-0.05, 0) is 62.4 Å². The third-order valence-electron chi connectivity index (χ3n) is 5.88. The van der Waals surface area contributed by atoms with Crippen LogP contribution in [0.1, 0.15) is 75.6 Å². The summed E-state index contributed by atoms with van der Waals surface area (Å²) < 4.78 is 0. The van der Waals surface area contributed by atoms with Crippen molar-refractivity contribution < 1.29 is 9.98 Å². The van der Waals surface area contributed by atoms with Crippen molar-refractivity contribution in [1.82, 2.24) is 0 Å². The number of nitroso groups, excluding NO2 is 1. The van der Waals surface area contributed by atoms with Crippen molar-refractivity contribution in [3.63, 3.8) is 0 Å². The largest absolute Gasteiger partial charge is 0.392 e. The molecule has 0 fully saturated rings. The van der Waals surface area contributed by atoms with Crippen LogP contribution in [-0.4, -0.2) is 23.1 Å². The molecule has 2 aromatic carbocycles. The minimum Gasteiger partial charge on any atom is -0.392 e. The number of hydrogen-bond donors (Lipinski definition) is 2. The lowest BCUT2D eigenvalue weighted by Gasteiger charge is -2.37. The van der Waals surface area contributed by atoms with E-state index in [0.29, 0.717) is 10.4 Å². The number of anilines is 1. The van der Waals surface area contributed by atoms with Gasteiger partial charge in [-0.3, -0.25) is 0 Å². The zero-order valence-electron chi connectivity index (χ0n) is 20.4. The Hall–Kier alpha value is -2.97. The fourth-order valence-corrected chi connectivity index (χ4v) is 4.17. The number of nitrogens with one attached hydrogen (secondary N) is 1. The van der Waals surface area contributed by atoms with E-state index >= 15 is 0 Å². The number of aliphatic hydroxyl groups excluding tert-OH is 1. The van der Waals surface area contributed by atoms with Crippen molar-refractivity contribution in [1.29, 1.82) is 5.26 Å². The van der Waals surface area contributed by atoms with E-state index in [2.05, 4.69) is 25.3 Å². The van der Waals surface area contributed by atoms with Crippen LogP contribution in [0.4, 0.5) is 5.69 Å². The predicted molar refractivity (Wildman–Crippen MR) is 133 cm³/mol. The van der Waals surface area contributed by atoms with Crippen LogP contribution in [0.2, 0.25) is 0 Å². The Morgan fingerprint density at radius 3 is 2.31 bits per heavy atom. The molecule has 2 atom stereocenters. The number of aryl methyl sites for hydroxylation is 1. The number of aliphatic hydroxyl groups is 1. The normalized spacial score (nSPS) is 13.4. The van der Waals surface area contributed by atoms with E-state index in [1.165, 1.54) is 7.05 Å². The first kappa shape index (κ1) is 27.1. The number of allylic oxidation sites excluding steroid dienone is 1. The molecule has 0 aromatic heterocycles.